The summed E-state index contributed by atoms with van der Waals surface area (Å²) in [5, 5.41) is 5.76. The molecule has 8 heteroatoms. The highest BCUT2D eigenvalue weighted by atomic mass is 32.2. The first-order chi connectivity index (χ1) is 14.5. The van der Waals surface area contributed by atoms with Gasteiger partial charge >= 0.3 is 0 Å². The molecule has 0 radical (unpaired) electrons. The molecule has 4 rings (SSSR count). The van der Waals surface area contributed by atoms with Gasteiger partial charge in [-0.05, 0) is 30.4 Å². The van der Waals surface area contributed by atoms with Crippen molar-refractivity contribution in [2.75, 3.05) is 18.9 Å². The fraction of sp³-hybridized carbons (Fsp3) is 0.591. The summed E-state index contributed by atoms with van der Waals surface area (Å²) in [7, 11) is 0. The van der Waals surface area contributed by atoms with E-state index in [-0.39, 0.29) is 35.1 Å². The van der Waals surface area contributed by atoms with Crippen LogP contribution in [0.5, 0.6) is 0 Å². The lowest BCUT2D eigenvalue weighted by Crippen LogP contribution is -2.56. The second-order valence-corrected chi connectivity index (χ2v) is 9.37. The molecule has 0 aromatic heterocycles. The Balaban J connectivity index is 1.42. The van der Waals surface area contributed by atoms with E-state index in [9.17, 15) is 14.4 Å². The number of thioether (sulfide) groups is 1. The van der Waals surface area contributed by atoms with Crippen molar-refractivity contribution < 1.29 is 19.1 Å². The summed E-state index contributed by atoms with van der Waals surface area (Å²) < 4.78 is 5.57. The second kappa shape index (κ2) is 8.98. The smallest absolute Gasteiger partial charge is 0.256 e. The van der Waals surface area contributed by atoms with Crippen LogP contribution in [0.1, 0.15) is 54.4 Å². The van der Waals surface area contributed by atoms with Gasteiger partial charge in [-0.25, -0.2) is 0 Å². The SMILES string of the molecule is CC[C@@H](C)[C@H](NC(=O)[C@@H]1CS[C@@H]2c3ccccc3C(=O)N21)C(=O)NC[C@@H]1CCCO1. The molecule has 3 amide bonds. The van der Waals surface area contributed by atoms with Gasteiger partial charge in [0.25, 0.3) is 5.91 Å². The molecule has 2 N–H and O–H groups in total. The molecule has 7 nitrogen and oxygen atoms in total. The third-order valence-electron chi connectivity index (χ3n) is 6.32. The molecule has 162 valence electrons. The van der Waals surface area contributed by atoms with Crippen molar-refractivity contribution >= 4 is 29.5 Å². The van der Waals surface area contributed by atoms with Gasteiger partial charge in [0.2, 0.25) is 11.8 Å². The van der Waals surface area contributed by atoms with Gasteiger partial charge in [0.05, 0.1) is 6.10 Å². The number of ether oxygens (including phenoxy) is 1. The molecule has 30 heavy (non-hydrogen) atoms. The number of amides is 3. The molecular formula is C22H29N3O4S. The fourth-order valence-electron chi connectivity index (χ4n) is 4.32. The third kappa shape index (κ3) is 3.95. The van der Waals surface area contributed by atoms with Crippen molar-refractivity contribution in [2.45, 2.75) is 56.7 Å². The van der Waals surface area contributed by atoms with Gasteiger partial charge in [-0.1, -0.05) is 38.5 Å². The van der Waals surface area contributed by atoms with E-state index < -0.39 is 12.1 Å². The molecule has 0 bridgehead atoms. The Morgan fingerprint density at radius 3 is 2.87 bits per heavy atom. The predicted molar refractivity (Wildman–Crippen MR) is 115 cm³/mol. The van der Waals surface area contributed by atoms with Crippen LogP contribution in [0.25, 0.3) is 0 Å². The average Bonchev–Trinajstić information content (AvgIpc) is 3.49. The Labute approximate surface area is 181 Å². The number of fused-ring (bicyclic) bond motifs is 3. The maximum atomic E-state index is 13.2. The predicted octanol–water partition coefficient (Wildman–Crippen LogP) is 2.08. The first-order valence-electron chi connectivity index (χ1n) is 10.7. The van der Waals surface area contributed by atoms with E-state index in [1.165, 1.54) is 0 Å². The lowest BCUT2D eigenvalue weighted by atomic mass is 9.97. The fourth-order valence-corrected chi connectivity index (χ4v) is 5.79. The van der Waals surface area contributed by atoms with E-state index >= 15 is 0 Å². The third-order valence-corrected chi connectivity index (χ3v) is 7.62. The summed E-state index contributed by atoms with van der Waals surface area (Å²) in [5.41, 5.74) is 1.64. The summed E-state index contributed by atoms with van der Waals surface area (Å²) in [6.45, 7) is 5.15. The van der Waals surface area contributed by atoms with E-state index in [0.717, 1.165) is 31.4 Å². The number of rotatable bonds is 7. The largest absolute Gasteiger partial charge is 0.376 e. The van der Waals surface area contributed by atoms with Crippen LogP contribution in [-0.2, 0) is 14.3 Å². The van der Waals surface area contributed by atoms with Gasteiger partial charge < -0.3 is 20.3 Å². The Morgan fingerprint density at radius 2 is 2.13 bits per heavy atom. The van der Waals surface area contributed by atoms with Gasteiger partial charge in [-0.2, -0.15) is 0 Å². The first kappa shape index (κ1) is 21.2. The van der Waals surface area contributed by atoms with E-state index in [4.69, 9.17) is 4.74 Å². The van der Waals surface area contributed by atoms with Gasteiger partial charge in [-0.3, -0.25) is 14.4 Å². The average molecular weight is 432 g/mol. The maximum Gasteiger partial charge on any atom is 0.256 e. The lowest BCUT2D eigenvalue weighted by Gasteiger charge is -2.28. The molecule has 0 aliphatic carbocycles. The number of benzene rings is 1. The van der Waals surface area contributed by atoms with Gasteiger partial charge in [0.15, 0.2) is 0 Å². The van der Waals surface area contributed by atoms with Crippen LogP contribution >= 0.6 is 11.8 Å². The number of carbonyl (C=O) groups is 3. The van der Waals surface area contributed by atoms with Crippen LogP contribution in [0.15, 0.2) is 24.3 Å². The van der Waals surface area contributed by atoms with Crippen molar-refractivity contribution in [2.24, 2.45) is 5.92 Å². The summed E-state index contributed by atoms with van der Waals surface area (Å²) >= 11 is 1.60. The van der Waals surface area contributed by atoms with Crippen LogP contribution in [0.4, 0.5) is 0 Å². The summed E-state index contributed by atoms with van der Waals surface area (Å²) in [5.74, 6) is -0.0463. The van der Waals surface area contributed by atoms with Gasteiger partial charge in [0, 0.05) is 24.5 Å². The van der Waals surface area contributed by atoms with E-state index in [0.29, 0.717) is 17.9 Å². The van der Waals surface area contributed by atoms with Crippen LogP contribution in [0, 0.1) is 5.92 Å². The minimum atomic E-state index is -0.631. The number of nitrogens with zero attached hydrogens (tertiary/aromatic N) is 1. The molecule has 5 atom stereocenters. The number of carbonyl (C=O) groups excluding carboxylic acids is 3. The molecule has 3 aliphatic heterocycles. The minimum absolute atomic E-state index is 0.0187. The Hall–Kier alpha value is -2.06. The van der Waals surface area contributed by atoms with Gasteiger partial charge in [0.1, 0.15) is 17.5 Å². The van der Waals surface area contributed by atoms with Gasteiger partial charge in [-0.15, -0.1) is 11.8 Å². The molecular weight excluding hydrogens is 402 g/mol. The minimum Gasteiger partial charge on any atom is -0.376 e. The van der Waals surface area contributed by atoms with Crippen LogP contribution < -0.4 is 10.6 Å². The summed E-state index contributed by atoms with van der Waals surface area (Å²) in [6.07, 6.45) is 2.77. The first-order valence-corrected chi connectivity index (χ1v) is 11.8. The maximum absolute atomic E-state index is 13.2. The normalized spacial score (nSPS) is 26.8. The van der Waals surface area contributed by atoms with Crippen LogP contribution in [0.2, 0.25) is 0 Å². The topological polar surface area (TPSA) is 87.7 Å². The zero-order valence-electron chi connectivity index (χ0n) is 17.4. The van der Waals surface area contributed by atoms with Crippen LogP contribution in [0.3, 0.4) is 0 Å². The highest BCUT2D eigenvalue weighted by molar-refractivity contribution is 7.99. The molecule has 0 spiro atoms. The molecule has 2 saturated heterocycles. The van der Waals surface area contributed by atoms with Crippen molar-refractivity contribution in [3.63, 3.8) is 0 Å². The van der Waals surface area contributed by atoms with Crippen molar-refractivity contribution in [3.05, 3.63) is 35.4 Å². The Bertz CT molecular complexity index is 826. The number of hydrogen-bond donors (Lipinski definition) is 2. The highest BCUT2D eigenvalue weighted by Gasteiger charge is 2.48. The zero-order chi connectivity index (χ0) is 21.3. The molecule has 3 aliphatic rings. The summed E-state index contributed by atoms with van der Waals surface area (Å²) in [4.78, 5) is 40.6. The Kier molecular flexibility index (Phi) is 6.34. The standard InChI is InChI=1S/C22H29N3O4S/c1-3-13(2)18(20(27)23-11-14-7-6-10-29-14)24-19(26)17-12-30-22-16-9-5-4-8-15(16)21(28)25(17)22/h4-5,8-9,13-14,17-18,22H,3,6-7,10-12H2,1-2H3,(H,23,27)(H,24,26)/t13-,14+,17+,18+,22-/m1/s1. The lowest BCUT2D eigenvalue weighted by molar-refractivity contribution is -0.132. The van der Waals surface area contributed by atoms with Crippen molar-refractivity contribution in [1.82, 2.24) is 15.5 Å². The monoisotopic (exact) mass is 431 g/mol. The molecule has 0 unspecified atom stereocenters. The van der Waals surface area contributed by atoms with E-state index in [1.807, 2.05) is 38.1 Å². The van der Waals surface area contributed by atoms with Crippen molar-refractivity contribution in [3.8, 4) is 0 Å². The van der Waals surface area contributed by atoms with E-state index in [1.54, 1.807) is 16.7 Å². The molecule has 1 aromatic rings. The number of hydrogen-bond acceptors (Lipinski definition) is 5. The van der Waals surface area contributed by atoms with Crippen molar-refractivity contribution in [1.29, 1.82) is 0 Å². The van der Waals surface area contributed by atoms with E-state index in [2.05, 4.69) is 10.6 Å². The quantitative estimate of drug-likeness (QED) is 0.690. The second-order valence-electron chi connectivity index (χ2n) is 8.25. The zero-order valence-corrected chi connectivity index (χ0v) is 18.2. The molecule has 2 fully saturated rings. The highest BCUT2D eigenvalue weighted by Crippen LogP contribution is 2.48. The molecule has 3 heterocycles. The van der Waals surface area contributed by atoms with Crippen LogP contribution in [-0.4, -0.2) is 59.7 Å². The molecule has 0 saturated carbocycles. The number of nitrogens with one attached hydrogen (secondary N) is 2. The molecule has 1 aromatic carbocycles. The summed E-state index contributed by atoms with van der Waals surface area (Å²) in [6, 6.07) is 6.32. The Morgan fingerprint density at radius 1 is 1.33 bits per heavy atom.